The molecule has 4 nitrogen and oxygen atoms in total. The van der Waals surface area contributed by atoms with Crippen LogP contribution in [0.1, 0.15) is 52.4 Å². The molecule has 0 aliphatic heterocycles. The van der Waals surface area contributed by atoms with Crippen LogP contribution in [0.25, 0.3) is 0 Å². The van der Waals surface area contributed by atoms with E-state index >= 15 is 0 Å². The number of rotatable bonds is 7. The molecule has 1 aliphatic rings. The third kappa shape index (κ3) is 5.24. The van der Waals surface area contributed by atoms with Crippen molar-refractivity contribution in [2.45, 2.75) is 58.4 Å². The Morgan fingerprint density at radius 1 is 1.33 bits per heavy atom. The van der Waals surface area contributed by atoms with Crippen molar-refractivity contribution in [3.05, 3.63) is 0 Å². The molecule has 0 amide bonds. The highest BCUT2D eigenvalue weighted by molar-refractivity contribution is 7.89. The summed E-state index contributed by atoms with van der Waals surface area (Å²) >= 11 is 0. The van der Waals surface area contributed by atoms with Gasteiger partial charge in [0.15, 0.2) is 0 Å². The molecule has 0 aromatic carbocycles. The molecule has 108 valence electrons. The third-order valence-corrected chi connectivity index (χ3v) is 5.50. The number of sulfonamides is 1. The number of nitrogens with two attached hydrogens (primary N) is 1. The number of hydrogen-bond acceptors (Lipinski definition) is 3. The molecule has 0 radical (unpaired) electrons. The maximum absolute atomic E-state index is 12.1. The van der Waals surface area contributed by atoms with Gasteiger partial charge >= 0.3 is 0 Å². The molecule has 0 saturated heterocycles. The fraction of sp³-hybridized carbons (Fsp3) is 1.00. The normalized spacial score (nSPS) is 27.1. The Balaban J connectivity index is 2.52. The van der Waals surface area contributed by atoms with Gasteiger partial charge in [-0.3, -0.25) is 0 Å². The molecule has 1 fully saturated rings. The average molecular weight is 276 g/mol. The summed E-state index contributed by atoms with van der Waals surface area (Å²) in [6.45, 7) is 4.67. The standard InChI is InChI=1S/C13H28N2O2S/c1-3-6-11(2)10-18(16,17)15-13-8-5-4-7-12(13)9-14/h11-13,15H,3-10,14H2,1-2H3. The van der Waals surface area contributed by atoms with Crippen molar-refractivity contribution < 1.29 is 8.42 Å². The van der Waals surface area contributed by atoms with Gasteiger partial charge in [0.25, 0.3) is 0 Å². The Hall–Kier alpha value is -0.130. The SMILES string of the molecule is CCCC(C)CS(=O)(=O)NC1CCCCC1CN. The van der Waals surface area contributed by atoms with Gasteiger partial charge in [-0.1, -0.05) is 33.1 Å². The quantitative estimate of drug-likeness (QED) is 0.745. The van der Waals surface area contributed by atoms with Gasteiger partial charge in [-0.2, -0.15) is 0 Å². The summed E-state index contributed by atoms with van der Waals surface area (Å²) in [7, 11) is -3.15. The van der Waals surface area contributed by atoms with Gasteiger partial charge in [0.2, 0.25) is 10.0 Å². The Bertz CT molecular complexity index is 330. The van der Waals surface area contributed by atoms with Crippen molar-refractivity contribution >= 4 is 10.0 Å². The summed E-state index contributed by atoms with van der Waals surface area (Å²) in [5, 5.41) is 0. The van der Waals surface area contributed by atoms with Gasteiger partial charge in [0.05, 0.1) is 5.75 Å². The minimum Gasteiger partial charge on any atom is -0.330 e. The van der Waals surface area contributed by atoms with E-state index in [-0.39, 0.29) is 17.7 Å². The fourth-order valence-electron chi connectivity index (χ4n) is 2.87. The molecule has 1 rings (SSSR count). The molecule has 0 heterocycles. The second-order valence-corrected chi connectivity index (χ2v) is 7.48. The smallest absolute Gasteiger partial charge is 0.212 e. The van der Waals surface area contributed by atoms with E-state index in [0.717, 1.165) is 32.1 Å². The van der Waals surface area contributed by atoms with E-state index in [1.807, 2.05) is 6.92 Å². The van der Waals surface area contributed by atoms with Crippen LogP contribution in [0.4, 0.5) is 0 Å². The summed E-state index contributed by atoms with van der Waals surface area (Å²) in [5.74, 6) is 0.789. The lowest BCUT2D eigenvalue weighted by Gasteiger charge is -2.31. The zero-order chi connectivity index (χ0) is 13.6. The molecule has 0 aromatic rings. The van der Waals surface area contributed by atoms with E-state index in [2.05, 4.69) is 11.6 Å². The van der Waals surface area contributed by atoms with Gasteiger partial charge in [-0.25, -0.2) is 13.1 Å². The maximum atomic E-state index is 12.1. The lowest BCUT2D eigenvalue weighted by Crippen LogP contribution is -2.46. The predicted octanol–water partition coefficient (Wildman–Crippen LogP) is 1.86. The van der Waals surface area contributed by atoms with Gasteiger partial charge in [0, 0.05) is 6.04 Å². The molecule has 5 heteroatoms. The summed E-state index contributed by atoms with van der Waals surface area (Å²) in [6, 6.07) is 0.0579. The Morgan fingerprint density at radius 3 is 2.61 bits per heavy atom. The van der Waals surface area contributed by atoms with Crippen molar-refractivity contribution in [1.82, 2.24) is 4.72 Å². The summed E-state index contributed by atoms with van der Waals surface area (Å²) in [5.41, 5.74) is 5.73. The van der Waals surface area contributed by atoms with Gasteiger partial charge in [-0.05, 0) is 37.6 Å². The number of nitrogens with one attached hydrogen (secondary N) is 1. The minimum atomic E-state index is -3.15. The van der Waals surface area contributed by atoms with Gasteiger partial charge < -0.3 is 5.73 Å². The van der Waals surface area contributed by atoms with Crippen molar-refractivity contribution in [3.8, 4) is 0 Å². The van der Waals surface area contributed by atoms with Gasteiger partial charge in [0.1, 0.15) is 0 Å². The van der Waals surface area contributed by atoms with Crippen LogP contribution >= 0.6 is 0 Å². The Labute approximate surface area is 112 Å². The molecule has 3 N–H and O–H groups in total. The van der Waals surface area contributed by atoms with Crippen molar-refractivity contribution in [2.24, 2.45) is 17.6 Å². The van der Waals surface area contributed by atoms with E-state index < -0.39 is 10.0 Å². The van der Waals surface area contributed by atoms with Crippen LogP contribution in [0.3, 0.4) is 0 Å². The first-order chi connectivity index (χ1) is 8.48. The fourth-order valence-corrected chi connectivity index (χ4v) is 4.66. The zero-order valence-corrected chi connectivity index (χ0v) is 12.5. The molecular weight excluding hydrogens is 248 g/mol. The highest BCUT2D eigenvalue weighted by Gasteiger charge is 2.28. The molecule has 3 atom stereocenters. The Morgan fingerprint density at radius 2 is 2.00 bits per heavy atom. The molecule has 1 aliphatic carbocycles. The van der Waals surface area contributed by atoms with E-state index in [0.29, 0.717) is 12.5 Å². The average Bonchev–Trinajstić information content (AvgIpc) is 2.28. The molecular formula is C13H28N2O2S. The van der Waals surface area contributed by atoms with E-state index in [1.54, 1.807) is 0 Å². The zero-order valence-electron chi connectivity index (χ0n) is 11.7. The first kappa shape index (κ1) is 15.9. The van der Waals surface area contributed by atoms with Crippen LogP contribution in [-0.4, -0.2) is 26.8 Å². The topological polar surface area (TPSA) is 72.2 Å². The predicted molar refractivity (Wildman–Crippen MR) is 75.8 cm³/mol. The maximum Gasteiger partial charge on any atom is 0.212 e. The lowest BCUT2D eigenvalue weighted by molar-refractivity contribution is 0.295. The van der Waals surface area contributed by atoms with E-state index in [9.17, 15) is 8.42 Å². The largest absolute Gasteiger partial charge is 0.330 e. The summed E-state index contributed by atoms with van der Waals surface area (Å²) in [6.07, 6.45) is 6.26. The highest BCUT2D eigenvalue weighted by Crippen LogP contribution is 2.24. The van der Waals surface area contributed by atoms with E-state index in [4.69, 9.17) is 5.73 Å². The first-order valence-electron chi connectivity index (χ1n) is 7.18. The van der Waals surface area contributed by atoms with Gasteiger partial charge in [-0.15, -0.1) is 0 Å². The Kier molecular flexibility index (Phi) is 6.60. The molecule has 3 unspecified atom stereocenters. The van der Waals surface area contributed by atoms with Crippen LogP contribution in [0.15, 0.2) is 0 Å². The second-order valence-electron chi connectivity index (χ2n) is 5.68. The summed E-state index contributed by atoms with van der Waals surface area (Å²) in [4.78, 5) is 0. The van der Waals surface area contributed by atoms with Crippen molar-refractivity contribution in [3.63, 3.8) is 0 Å². The van der Waals surface area contributed by atoms with E-state index in [1.165, 1.54) is 6.42 Å². The number of hydrogen-bond donors (Lipinski definition) is 2. The first-order valence-corrected chi connectivity index (χ1v) is 8.83. The molecule has 1 saturated carbocycles. The highest BCUT2D eigenvalue weighted by atomic mass is 32.2. The second kappa shape index (κ2) is 7.46. The molecule has 0 bridgehead atoms. The molecule has 18 heavy (non-hydrogen) atoms. The third-order valence-electron chi connectivity index (χ3n) is 3.83. The molecule has 0 spiro atoms. The monoisotopic (exact) mass is 276 g/mol. The lowest BCUT2D eigenvalue weighted by atomic mass is 9.85. The van der Waals surface area contributed by atoms with Crippen LogP contribution in [0, 0.1) is 11.8 Å². The van der Waals surface area contributed by atoms with Crippen molar-refractivity contribution in [2.75, 3.05) is 12.3 Å². The minimum absolute atomic E-state index is 0.0579. The van der Waals surface area contributed by atoms with Crippen LogP contribution in [0.5, 0.6) is 0 Å². The summed E-state index contributed by atoms with van der Waals surface area (Å²) < 4.78 is 27.1. The van der Waals surface area contributed by atoms with Crippen LogP contribution < -0.4 is 10.5 Å². The molecule has 0 aromatic heterocycles. The van der Waals surface area contributed by atoms with Crippen LogP contribution in [0.2, 0.25) is 0 Å². The van der Waals surface area contributed by atoms with Crippen LogP contribution in [-0.2, 0) is 10.0 Å². The van der Waals surface area contributed by atoms with Crippen molar-refractivity contribution in [1.29, 1.82) is 0 Å².